The molecule has 4 aromatic rings. The topological polar surface area (TPSA) is 48.7 Å². The minimum absolute atomic E-state index is 0.0762. The molecule has 0 saturated heterocycles. The molecule has 164 valence electrons. The van der Waals surface area contributed by atoms with Crippen LogP contribution in [0.2, 0.25) is 5.02 Å². The van der Waals surface area contributed by atoms with E-state index in [0.29, 0.717) is 10.6 Å². The Labute approximate surface area is 201 Å². The smallest absolute Gasteiger partial charge is 0.207 e. The number of phenols is 1. The van der Waals surface area contributed by atoms with E-state index in [0.717, 1.165) is 29.4 Å². The number of hydrazone groups is 1. The molecule has 1 N–H and O–H groups in total. The van der Waals surface area contributed by atoms with Crippen LogP contribution in [0, 0.1) is 0 Å². The zero-order valence-corrected chi connectivity index (χ0v) is 19.5. The Morgan fingerprint density at radius 1 is 0.970 bits per heavy atom. The van der Waals surface area contributed by atoms with Crippen molar-refractivity contribution in [3.05, 3.63) is 99.4 Å². The lowest BCUT2D eigenvalue weighted by Gasteiger charge is -2.21. The van der Waals surface area contributed by atoms with Crippen molar-refractivity contribution in [1.29, 1.82) is 0 Å². The Hall–Kier alpha value is -3.15. The first-order chi connectivity index (χ1) is 16.2. The van der Waals surface area contributed by atoms with Crippen LogP contribution in [0.15, 0.2) is 77.2 Å². The Morgan fingerprint density at radius 2 is 1.82 bits per heavy atom. The summed E-state index contributed by atoms with van der Waals surface area (Å²) in [5, 5.41) is 20.7. The first-order valence-electron chi connectivity index (χ1n) is 11.1. The minimum atomic E-state index is 0.0762. The van der Waals surface area contributed by atoms with E-state index in [2.05, 4.69) is 42.5 Å². The van der Waals surface area contributed by atoms with Gasteiger partial charge in [0.25, 0.3) is 0 Å². The SMILES string of the molecule is Oc1cc(Cl)ccc1-c1csc(N2N=C(c3ccc4c(c3)CCC4)CC2c2ccccc2)n1. The zero-order chi connectivity index (χ0) is 22.4. The predicted molar refractivity (Wildman–Crippen MR) is 136 cm³/mol. The van der Waals surface area contributed by atoms with Crippen LogP contribution in [-0.2, 0) is 12.8 Å². The van der Waals surface area contributed by atoms with Crippen molar-refractivity contribution in [3.8, 4) is 17.0 Å². The van der Waals surface area contributed by atoms with Crippen LogP contribution in [0.5, 0.6) is 5.75 Å². The van der Waals surface area contributed by atoms with Gasteiger partial charge in [0.05, 0.1) is 17.4 Å². The van der Waals surface area contributed by atoms with Gasteiger partial charge in [0.1, 0.15) is 5.75 Å². The van der Waals surface area contributed by atoms with Gasteiger partial charge in [-0.2, -0.15) is 5.10 Å². The lowest BCUT2D eigenvalue weighted by atomic mass is 9.97. The van der Waals surface area contributed by atoms with Crippen molar-refractivity contribution in [3.63, 3.8) is 0 Å². The third-order valence-electron chi connectivity index (χ3n) is 6.45. The molecule has 0 radical (unpaired) electrons. The normalized spacial score (nSPS) is 17.3. The molecule has 2 aliphatic rings. The number of aryl methyl sites for hydroxylation is 2. The van der Waals surface area contributed by atoms with Crippen LogP contribution in [0.3, 0.4) is 0 Å². The van der Waals surface area contributed by atoms with Crippen molar-refractivity contribution in [2.24, 2.45) is 5.10 Å². The van der Waals surface area contributed by atoms with Gasteiger partial charge < -0.3 is 5.11 Å². The van der Waals surface area contributed by atoms with E-state index >= 15 is 0 Å². The highest BCUT2D eigenvalue weighted by atomic mass is 35.5. The monoisotopic (exact) mass is 471 g/mol. The average Bonchev–Trinajstić information content (AvgIpc) is 3.58. The summed E-state index contributed by atoms with van der Waals surface area (Å²) in [4.78, 5) is 4.85. The van der Waals surface area contributed by atoms with E-state index in [4.69, 9.17) is 21.7 Å². The van der Waals surface area contributed by atoms with E-state index < -0.39 is 0 Å². The fourth-order valence-electron chi connectivity index (χ4n) is 4.76. The molecule has 1 atom stereocenters. The van der Waals surface area contributed by atoms with Crippen molar-refractivity contribution < 1.29 is 5.11 Å². The molecule has 6 heteroatoms. The molecule has 6 rings (SSSR count). The molecule has 0 fully saturated rings. The van der Waals surface area contributed by atoms with Gasteiger partial charge in [-0.1, -0.05) is 54.1 Å². The first-order valence-corrected chi connectivity index (χ1v) is 12.4. The number of rotatable bonds is 4. The van der Waals surface area contributed by atoms with E-state index in [1.807, 2.05) is 16.5 Å². The van der Waals surface area contributed by atoms with Gasteiger partial charge in [-0.25, -0.2) is 9.99 Å². The first kappa shape index (κ1) is 20.5. The second kappa shape index (κ2) is 8.32. The summed E-state index contributed by atoms with van der Waals surface area (Å²) in [6.45, 7) is 0. The fraction of sp³-hybridized carbons (Fsp3) is 0.185. The predicted octanol–water partition coefficient (Wildman–Crippen LogP) is 7.01. The maximum Gasteiger partial charge on any atom is 0.207 e. The van der Waals surface area contributed by atoms with Gasteiger partial charge in [0.2, 0.25) is 5.13 Å². The molecule has 0 bridgehead atoms. The Bertz CT molecular complexity index is 1370. The van der Waals surface area contributed by atoms with Gasteiger partial charge in [0.15, 0.2) is 0 Å². The Balaban J connectivity index is 1.39. The Morgan fingerprint density at radius 3 is 2.67 bits per heavy atom. The van der Waals surface area contributed by atoms with Crippen LogP contribution >= 0.6 is 22.9 Å². The third-order valence-corrected chi connectivity index (χ3v) is 7.52. The van der Waals surface area contributed by atoms with Crippen LogP contribution in [-0.4, -0.2) is 15.8 Å². The van der Waals surface area contributed by atoms with Crippen LogP contribution in [0.4, 0.5) is 5.13 Å². The molecule has 1 aliphatic heterocycles. The fourth-order valence-corrected chi connectivity index (χ4v) is 5.75. The van der Waals surface area contributed by atoms with E-state index in [9.17, 15) is 5.11 Å². The quantitative estimate of drug-likeness (QED) is 0.348. The highest BCUT2D eigenvalue weighted by Crippen LogP contribution is 2.41. The third kappa shape index (κ3) is 3.81. The van der Waals surface area contributed by atoms with Crippen LogP contribution in [0.25, 0.3) is 11.3 Å². The van der Waals surface area contributed by atoms with Gasteiger partial charge >= 0.3 is 0 Å². The second-order valence-electron chi connectivity index (χ2n) is 8.54. The summed E-state index contributed by atoms with van der Waals surface area (Å²) < 4.78 is 0. The summed E-state index contributed by atoms with van der Waals surface area (Å²) in [6.07, 6.45) is 4.40. The number of benzene rings is 3. The Kier molecular flexibility index (Phi) is 5.16. The van der Waals surface area contributed by atoms with Crippen molar-refractivity contribution in [2.45, 2.75) is 31.7 Å². The molecule has 1 aromatic heterocycles. The van der Waals surface area contributed by atoms with E-state index in [1.54, 1.807) is 18.2 Å². The summed E-state index contributed by atoms with van der Waals surface area (Å²) in [5.74, 6) is 0.128. The lowest BCUT2D eigenvalue weighted by Crippen LogP contribution is -2.18. The largest absolute Gasteiger partial charge is 0.507 e. The summed E-state index contributed by atoms with van der Waals surface area (Å²) in [7, 11) is 0. The summed E-state index contributed by atoms with van der Waals surface area (Å²) >= 11 is 7.54. The number of anilines is 1. The summed E-state index contributed by atoms with van der Waals surface area (Å²) in [5.41, 5.74) is 7.82. The van der Waals surface area contributed by atoms with Gasteiger partial charge in [-0.05, 0) is 65.8 Å². The average molecular weight is 472 g/mol. The number of halogens is 1. The molecule has 33 heavy (non-hydrogen) atoms. The molecule has 1 unspecified atom stereocenters. The molecular formula is C27H22ClN3OS. The molecule has 1 aliphatic carbocycles. The number of nitrogens with zero attached hydrogens (tertiary/aromatic N) is 3. The molecule has 0 amide bonds. The molecule has 2 heterocycles. The number of fused-ring (bicyclic) bond motifs is 1. The maximum absolute atomic E-state index is 10.4. The second-order valence-corrected chi connectivity index (χ2v) is 9.81. The van der Waals surface area contributed by atoms with Gasteiger partial charge in [-0.3, -0.25) is 0 Å². The van der Waals surface area contributed by atoms with E-state index in [1.165, 1.54) is 46.4 Å². The molecular weight excluding hydrogens is 450 g/mol. The molecule has 0 saturated carbocycles. The molecule has 4 nitrogen and oxygen atoms in total. The molecule has 3 aromatic carbocycles. The van der Waals surface area contributed by atoms with Gasteiger partial charge in [0, 0.05) is 22.4 Å². The van der Waals surface area contributed by atoms with Crippen LogP contribution < -0.4 is 5.01 Å². The standard InChI is InChI=1S/C27H22ClN3OS/c28-21-11-12-22(26(32)14-21)24-16-33-27(29-24)31-25(18-5-2-1-3-6-18)15-23(30-31)20-10-9-17-7-4-8-19(17)13-20/h1-3,5-6,9-14,16,25,32H,4,7-8,15H2. The lowest BCUT2D eigenvalue weighted by molar-refractivity contribution is 0.477. The van der Waals surface area contributed by atoms with Crippen molar-refractivity contribution in [2.75, 3.05) is 5.01 Å². The van der Waals surface area contributed by atoms with Gasteiger partial charge in [-0.15, -0.1) is 11.3 Å². The van der Waals surface area contributed by atoms with Crippen molar-refractivity contribution >= 4 is 33.8 Å². The van der Waals surface area contributed by atoms with E-state index in [-0.39, 0.29) is 11.8 Å². The minimum Gasteiger partial charge on any atom is -0.507 e. The maximum atomic E-state index is 10.4. The number of aromatic hydroxyl groups is 1. The number of hydrogen-bond acceptors (Lipinski definition) is 5. The number of hydrogen-bond donors (Lipinski definition) is 1. The zero-order valence-electron chi connectivity index (χ0n) is 17.9. The highest BCUT2D eigenvalue weighted by molar-refractivity contribution is 7.14. The molecule has 0 spiro atoms. The van der Waals surface area contributed by atoms with Crippen LogP contribution in [0.1, 0.15) is 41.1 Å². The number of aromatic nitrogens is 1. The highest BCUT2D eigenvalue weighted by Gasteiger charge is 2.32. The summed E-state index contributed by atoms with van der Waals surface area (Å²) in [6, 6.07) is 22.5. The number of thiazole rings is 1. The van der Waals surface area contributed by atoms with Crippen molar-refractivity contribution in [1.82, 2.24) is 4.98 Å². The number of phenolic OH excluding ortho intramolecular Hbond substituents is 1.